The fourth-order valence-electron chi connectivity index (χ4n) is 1.82. The molecule has 21 heavy (non-hydrogen) atoms. The van der Waals surface area contributed by atoms with E-state index in [4.69, 9.17) is 14.3 Å². The molecule has 1 heterocycles. The second kappa shape index (κ2) is 8.43. The van der Waals surface area contributed by atoms with Crippen molar-refractivity contribution in [1.29, 1.82) is 0 Å². The van der Waals surface area contributed by atoms with Crippen molar-refractivity contribution < 1.29 is 23.8 Å². The molecule has 1 amide bonds. The van der Waals surface area contributed by atoms with Crippen molar-refractivity contribution in [2.45, 2.75) is 26.4 Å². The van der Waals surface area contributed by atoms with E-state index in [1.807, 2.05) is 13.8 Å². The molecule has 0 aliphatic heterocycles. The molecular weight excluding hydrogens is 276 g/mol. The van der Waals surface area contributed by atoms with Crippen molar-refractivity contribution >= 4 is 11.9 Å². The molecule has 118 valence electrons. The molecule has 7 heteroatoms. The molecule has 0 aromatic carbocycles. The molecule has 0 radical (unpaired) electrons. The van der Waals surface area contributed by atoms with Crippen LogP contribution in [0.15, 0.2) is 16.5 Å². The molecule has 0 saturated heterocycles. The number of carbonyl (C=O) groups excluding carboxylic acids is 1. The van der Waals surface area contributed by atoms with E-state index in [9.17, 15) is 9.59 Å². The van der Waals surface area contributed by atoms with Crippen molar-refractivity contribution in [1.82, 2.24) is 10.2 Å². The summed E-state index contributed by atoms with van der Waals surface area (Å²) in [6, 6.07) is 2.16. The Morgan fingerprint density at radius 2 is 2.05 bits per heavy atom. The molecule has 0 bridgehead atoms. The van der Waals surface area contributed by atoms with Crippen molar-refractivity contribution in [3.63, 3.8) is 0 Å². The Bertz CT molecular complexity index is 468. The molecular formula is C14H22N2O5. The number of nitrogens with one attached hydrogen (secondary N) is 1. The molecule has 0 aliphatic rings. The maximum atomic E-state index is 11.9. The third kappa shape index (κ3) is 5.20. The van der Waals surface area contributed by atoms with Crippen molar-refractivity contribution in [3.8, 4) is 0 Å². The van der Waals surface area contributed by atoms with Gasteiger partial charge in [0.15, 0.2) is 11.8 Å². The van der Waals surface area contributed by atoms with E-state index in [1.165, 1.54) is 7.11 Å². The summed E-state index contributed by atoms with van der Waals surface area (Å²) < 4.78 is 10.2. The summed E-state index contributed by atoms with van der Waals surface area (Å²) in [5, 5.41) is 11.3. The lowest BCUT2D eigenvalue weighted by Gasteiger charge is -2.15. The second-order valence-corrected chi connectivity index (χ2v) is 4.55. The normalized spacial score (nSPS) is 12.4. The largest absolute Gasteiger partial charge is 0.480 e. The van der Waals surface area contributed by atoms with Gasteiger partial charge in [0.2, 0.25) is 0 Å². The van der Waals surface area contributed by atoms with Crippen molar-refractivity contribution in [2.75, 3.05) is 26.8 Å². The molecule has 1 rings (SSSR count). The Hall–Kier alpha value is -1.86. The summed E-state index contributed by atoms with van der Waals surface area (Å²) in [6.07, 6.45) is 0. The highest BCUT2D eigenvalue weighted by Crippen LogP contribution is 2.11. The summed E-state index contributed by atoms with van der Waals surface area (Å²) >= 11 is 0. The van der Waals surface area contributed by atoms with Crippen LogP contribution in [0, 0.1) is 0 Å². The maximum Gasteiger partial charge on any atom is 0.328 e. The van der Waals surface area contributed by atoms with Gasteiger partial charge in [0, 0.05) is 7.11 Å². The summed E-state index contributed by atoms with van der Waals surface area (Å²) in [6.45, 7) is 6.36. The molecule has 0 fully saturated rings. The van der Waals surface area contributed by atoms with E-state index >= 15 is 0 Å². The summed E-state index contributed by atoms with van der Waals surface area (Å²) in [5.74, 6) is -0.952. The van der Waals surface area contributed by atoms with E-state index in [0.717, 1.165) is 13.1 Å². The minimum Gasteiger partial charge on any atom is -0.480 e. The van der Waals surface area contributed by atoms with Gasteiger partial charge in [-0.3, -0.25) is 9.69 Å². The number of aliphatic carboxylic acids is 1. The number of furan rings is 1. The van der Waals surface area contributed by atoms with Crippen LogP contribution in [-0.4, -0.2) is 54.7 Å². The Balaban J connectivity index is 2.66. The van der Waals surface area contributed by atoms with Gasteiger partial charge < -0.3 is 19.6 Å². The van der Waals surface area contributed by atoms with Crippen LogP contribution in [0.2, 0.25) is 0 Å². The third-order valence-corrected chi connectivity index (χ3v) is 3.10. The van der Waals surface area contributed by atoms with Crippen LogP contribution < -0.4 is 5.32 Å². The first kappa shape index (κ1) is 17.2. The average molecular weight is 298 g/mol. The van der Waals surface area contributed by atoms with Gasteiger partial charge in [0.05, 0.1) is 13.2 Å². The van der Waals surface area contributed by atoms with Crippen molar-refractivity contribution in [3.05, 3.63) is 23.7 Å². The first-order valence-corrected chi connectivity index (χ1v) is 6.85. The highest BCUT2D eigenvalue weighted by molar-refractivity contribution is 5.94. The SMILES string of the molecule is CCN(CC)Cc1ccc(C(=O)NC(COC)C(=O)O)o1. The Morgan fingerprint density at radius 3 is 2.57 bits per heavy atom. The van der Waals surface area contributed by atoms with Crippen LogP contribution >= 0.6 is 0 Å². The molecule has 1 unspecified atom stereocenters. The zero-order valence-electron chi connectivity index (χ0n) is 12.6. The van der Waals surface area contributed by atoms with Crippen LogP contribution in [0.1, 0.15) is 30.2 Å². The summed E-state index contributed by atoms with van der Waals surface area (Å²) in [5.41, 5.74) is 0. The number of carboxylic acid groups (broad SMARTS) is 1. The third-order valence-electron chi connectivity index (χ3n) is 3.10. The predicted octanol–water partition coefficient (Wildman–Crippen LogP) is 0.951. The number of rotatable bonds is 9. The summed E-state index contributed by atoms with van der Waals surface area (Å²) in [7, 11) is 1.37. The van der Waals surface area contributed by atoms with Crippen LogP contribution in [0.3, 0.4) is 0 Å². The molecule has 1 aromatic rings. The first-order chi connectivity index (χ1) is 10.0. The highest BCUT2D eigenvalue weighted by Gasteiger charge is 2.22. The molecule has 1 aromatic heterocycles. The number of amides is 1. The minimum absolute atomic E-state index is 0.0968. The van der Waals surface area contributed by atoms with Gasteiger partial charge in [-0.2, -0.15) is 0 Å². The fraction of sp³-hybridized carbons (Fsp3) is 0.571. The van der Waals surface area contributed by atoms with E-state index in [0.29, 0.717) is 12.3 Å². The smallest absolute Gasteiger partial charge is 0.328 e. The van der Waals surface area contributed by atoms with E-state index in [-0.39, 0.29) is 12.4 Å². The van der Waals surface area contributed by atoms with Crippen LogP contribution in [-0.2, 0) is 16.1 Å². The molecule has 0 aliphatic carbocycles. The Morgan fingerprint density at radius 1 is 1.38 bits per heavy atom. The number of ether oxygens (including phenoxy) is 1. The molecule has 7 nitrogen and oxygen atoms in total. The first-order valence-electron chi connectivity index (χ1n) is 6.85. The fourth-order valence-corrected chi connectivity index (χ4v) is 1.82. The minimum atomic E-state index is -1.15. The molecule has 1 atom stereocenters. The predicted molar refractivity (Wildman–Crippen MR) is 76.1 cm³/mol. The molecule has 2 N–H and O–H groups in total. The maximum absolute atomic E-state index is 11.9. The van der Waals surface area contributed by atoms with Gasteiger partial charge in [-0.15, -0.1) is 0 Å². The summed E-state index contributed by atoms with van der Waals surface area (Å²) in [4.78, 5) is 25.0. The lowest BCUT2D eigenvalue weighted by Crippen LogP contribution is -2.43. The zero-order valence-corrected chi connectivity index (χ0v) is 12.6. The van der Waals surface area contributed by atoms with Crippen LogP contribution in [0.25, 0.3) is 0 Å². The van der Waals surface area contributed by atoms with Gasteiger partial charge in [-0.25, -0.2) is 4.79 Å². The standard InChI is InChI=1S/C14H22N2O5/c1-4-16(5-2)8-10-6-7-12(21-10)13(17)15-11(9-20-3)14(18)19/h6-7,11H,4-5,8-9H2,1-3H3,(H,15,17)(H,18,19). The van der Waals surface area contributed by atoms with E-state index < -0.39 is 17.9 Å². The number of carboxylic acids is 1. The molecule has 0 spiro atoms. The second-order valence-electron chi connectivity index (χ2n) is 4.55. The number of methoxy groups -OCH3 is 1. The lowest BCUT2D eigenvalue weighted by atomic mass is 10.3. The number of carbonyl (C=O) groups is 2. The highest BCUT2D eigenvalue weighted by atomic mass is 16.5. The monoisotopic (exact) mass is 298 g/mol. The Kier molecular flexibility index (Phi) is 6.90. The van der Waals surface area contributed by atoms with Crippen LogP contribution in [0.5, 0.6) is 0 Å². The lowest BCUT2D eigenvalue weighted by molar-refractivity contribution is -0.140. The number of hydrogen-bond donors (Lipinski definition) is 2. The van der Waals surface area contributed by atoms with Gasteiger partial charge in [0.1, 0.15) is 5.76 Å². The quantitative estimate of drug-likeness (QED) is 0.705. The molecule has 0 saturated carbocycles. The van der Waals surface area contributed by atoms with E-state index in [2.05, 4.69) is 10.2 Å². The van der Waals surface area contributed by atoms with Crippen LogP contribution in [0.4, 0.5) is 0 Å². The van der Waals surface area contributed by atoms with E-state index in [1.54, 1.807) is 12.1 Å². The van der Waals surface area contributed by atoms with Gasteiger partial charge in [0.25, 0.3) is 5.91 Å². The topological polar surface area (TPSA) is 92.0 Å². The van der Waals surface area contributed by atoms with Crippen molar-refractivity contribution in [2.24, 2.45) is 0 Å². The van der Waals surface area contributed by atoms with Gasteiger partial charge in [-0.05, 0) is 25.2 Å². The number of hydrogen-bond acceptors (Lipinski definition) is 5. The van der Waals surface area contributed by atoms with Gasteiger partial charge in [-0.1, -0.05) is 13.8 Å². The average Bonchev–Trinajstić information content (AvgIpc) is 2.92. The zero-order chi connectivity index (χ0) is 15.8. The van der Waals surface area contributed by atoms with Gasteiger partial charge >= 0.3 is 5.97 Å². The Labute approximate surface area is 123 Å². The number of nitrogens with zero attached hydrogens (tertiary/aromatic N) is 1.